The van der Waals surface area contributed by atoms with E-state index < -0.39 is 29.7 Å². The fourth-order valence-electron chi connectivity index (χ4n) is 3.03. The van der Waals surface area contributed by atoms with Crippen LogP contribution in [0.4, 0.5) is 0 Å². The van der Waals surface area contributed by atoms with Crippen LogP contribution in [0.25, 0.3) is 22.4 Å². The molecule has 4 N–H and O–H groups in total. The fraction of sp³-hybridized carbons (Fsp3) is 0.312. The van der Waals surface area contributed by atoms with E-state index in [-0.39, 0.29) is 18.6 Å². The van der Waals surface area contributed by atoms with Crippen molar-refractivity contribution in [1.82, 2.24) is 19.5 Å². The van der Waals surface area contributed by atoms with E-state index in [1.54, 1.807) is 6.07 Å². The maximum Gasteiger partial charge on any atom is 0.330 e. The SMILES string of the molecule is O=c1[nH]c(=O)n(C2CC(O)C(CO)O2)cc1-c1nc2ccc(Br)cc2[nH]1. The molecule has 0 aliphatic carbocycles. The number of aromatic amines is 2. The average molecular weight is 423 g/mol. The largest absolute Gasteiger partial charge is 0.394 e. The topological polar surface area (TPSA) is 133 Å². The summed E-state index contributed by atoms with van der Waals surface area (Å²) in [7, 11) is 0. The average Bonchev–Trinajstić information content (AvgIpc) is 3.17. The van der Waals surface area contributed by atoms with E-state index in [4.69, 9.17) is 4.74 Å². The third-order valence-corrected chi connectivity index (χ3v) is 4.85. The van der Waals surface area contributed by atoms with Gasteiger partial charge in [-0.1, -0.05) is 15.9 Å². The maximum atomic E-state index is 12.3. The number of rotatable bonds is 3. The van der Waals surface area contributed by atoms with E-state index in [0.29, 0.717) is 11.3 Å². The van der Waals surface area contributed by atoms with Gasteiger partial charge in [0.05, 0.1) is 29.3 Å². The number of aromatic nitrogens is 4. The van der Waals surface area contributed by atoms with E-state index in [0.717, 1.165) is 9.99 Å². The molecule has 0 saturated carbocycles. The second-order valence-electron chi connectivity index (χ2n) is 6.07. The van der Waals surface area contributed by atoms with Gasteiger partial charge in [-0.3, -0.25) is 14.3 Å². The monoisotopic (exact) mass is 422 g/mol. The minimum Gasteiger partial charge on any atom is -0.394 e. The fourth-order valence-corrected chi connectivity index (χ4v) is 3.39. The second kappa shape index (κ2) is 6.47. The quantitative estimate of drug-likeness (QED) is 0.485. The van der Waals surface area contributed by atoms with E-state index in [2.05, 4.69) is 30.9 Å². The number of hydrogen-bond donors (Lipinski definition) is 4. The number of H-pyrrole nitrogens is 2. The highest BCUT2D eigenvalue weighted by molar-refractivity contribution is 9.10. The molecule has 2 aromatic heterocycles. The Balaban J connectivity index is 1.79. The Labute approximate surface area is 154 Å². The molecule has 1 saturated heterocycles. The van der Waals surface area contributed by atoms with Crippen LogP contribution in [-0.2, 0) is 4.74 Å². The first-order valence-corrected chi connectivity index (χ1v) is 8.71. The summed E-state index contributed by atoms with van der Waals surface area (Å²) in [5.41, 5.74) is 0.338. The molecule has 1 aromatic carbocycles. The van der Waals surface area contributed by atoms with E-state index in [1.165, 1.54) is 10.8 Å². The Morgan fingerprint density at radius 3 is 2.88 bits per heavy atom. The van der Waals surface area contributed by atoms with Gasteiger partial charge in [0.15, 0.2) is 0 Å². The number of halogens is 1. The van der Waals surface area contributed by atoms with Gasteiger partial charge in [0.25, 0.3) is 5.56 Å². The van der Waals surface area contributed by atoms with Gasteiger partial charge < -0.3 is 19.9 Å². The number of nitrogens with zero attached hydrogens (tertiary/aromatic N) is 2. The summed E-state index contributed by atoms with van der Waals surface area (Å²) in [4.78, 5) is 34.1. The van der Waals surface area contributed by atoms with Crippen LogP contribution in [0.1, 0.15) is 12.6 Å². The van der Waals surface area contributed by atoms with Crippen molar-refractivity contribution in [2.24, 2.45) is 0 Å². The molecule has 0 bridgehead atoms. The van der Waals surface area contributed by atoms with Crippen molar-refractivity contribution in [3.05, 3.63) is 49.7 Å². The van der Waals surface area contributed by atoms with Crippen LogP contribution >= 0.6 is 15.9 Å². The van der Waals surface area contributed by atoms with Gasteiger partial charge in [-0.05, 0) is 18.2 Å². The number of nitrogens with one attached hydrogen (secondary N) is 2. The highest BCUT2D eigenvalue weighted by Gasteiger charge is 2.35. The first-order chi connectivity index (χ1) is 12.5. The molecule has 0 spiro atoms. The van der Waals surface area contributed by atoms with Gasteiger partial charge in [0.2, 0.25) is 0 Å². The maximum absolute atomic E-state index is 12.3. The van der Waals surface area contributed by atoms with Crippen molar-refractivity contribution in [2.45, 2.75) is 24.9 Å². The lowest BCUT2D eigenvalue weighted by atomic mass is 10.2. The normalized spacial score (nSPS) is 23.0. The molecule has 1 aliphatic rings. The Kier molecular flexibility index (Phi) is 4.27. The predicted molar refractivity (Wildman–Crippen MR) is 95.7 cm³/mol. The van der Waals surface area contributed by atoms with Gasteiger partial charge in [0, 0.05) is 17.1 Å². The summed E-state index contributed by atoms with van der Waals surface area (Å²) >= 11 is 3.37. The predicted octanol–water partition coefficient (Wildman–Crippen LogP) is 0.483. The molecule has 1 fully saturated rings. The zero-order valence-corrected chi connectivity index (χ0v) is 14.9. The van der Waals surface area contributed by atoms with Crippen molar-refractivity contribution < 1.29 is 14.9 Å². The third-order valence-electron chi connectivity index (χ3n) is 4.36. The second-order valence-corrected chi connectivity index (χ2v) is 6.99. The van der Waals surface area contributed by atoms with Crippen molar-refractivity contribution in [3.63, 3.8) is 0 Å². The van der Waals surface area contributed by atoms with E-state index in [9.17, 15) is 19.8 Å². The molecule has 4 rings (SSSR count). The van der Waals surface area contributed by atoms with Crippen molar-refractivity contribution >= 4 is 27.0 Å². The molecule has 3 unspecified atom stereocenters. The standard InChI is InChI=1S/C16H15BrN4O5/c17-7-1-2-9-10(3-7)19-14(18-9)8-5-21(16(25)20-15(8)24)13-4-11(23)12(6-22)26-13/h1-3,5,11-13,22-23H,4,6H2,(H,18,19)(H,20,24,25). The first kappa shape index (κ1) is 17.2. The van der Waals surface area contributed by atoms with Crippen LogP contribution in [-0.4, -0.2) is 48.5 Å². The minimum absolute atomic E-state index is 0.129. The number of aliphatic hydroxyl groups excluding tert-OH is 2. The number of aliphatic hydroxyl groups is 2. The molecule has 0 radical (unpaired) electrons. The lowest BCUT2D eigenvalue weighted by Gasteiger charge is -2.14. The Morgan fingerprint density at radius 2 is 2.15 bits per heavy atom. The highest BCUT2D eigenvalue weighted by atomic mass is 79.9. The van der Waals surface area contributed by atoms with E-state index >= 15 is 0 Å². The van der Waals surface area contributed by atoms with Crippen LogP contribution in [0.3, 0.4) is 0 Å². The number of ether oxygens (including phenoxy) is 1. The van der Waals surface area contributed by atoms with Crippen molar-refractivity contribution in [2.75, 3.05) is 6.61 Å². The van der Waals surface area contributed by atoms with E-state index in [1.807, 2.05) is 12.1 Å². The van der Waals surface area contributed by atoms with Gasteiger partial charge in [-0.2, -0.15) is 0 Å². The summed E-state index contributed by atoms with van der Waals surface area (Å²) in [6.07, 6.45) is -0.972. The zero-order valence-electron chi connectivity index (χ0n) is 13.3. The lowest BCUT2D eigenvalue weighted by Crippen LogP contribution is -2.33. The number of imidazole rings is 1. The summed E-state index contributed by atoms with van der Waals surface area (Å²) in [6, 6.07) is 5.46. The van der Waals surface area contributed by atoms with Crippen molar-refractivity contribution in [3.8, 4) is 11.4 Å². The summed E-state index contributed by atoms with van der Waals surface area (Å²) in [5.74, 6) is 0.311. The number of hydrogen-bond acceptors (Lipinski definition) is 6. The number of fused-ring (bicyclic) bond motifs is 1. The Hall–Kier alpha value is -2.27. The zero-order chi connectivity index (χ0) is 18.4. The van der Waals surface area contributed by atoms with Crippen LogP contribution < -0.4 is 11.2 Å². The molecular weight excluding hydrogens is 408 g/mol. The van der Waals surface area contributed by atoms with Crippen LogP contribution in [0.15, 0.2) is 38.5 Å². The highest BCUT2D eigenvalue weighted by Crippen LogP contribution is 2.28. The van der Waals surface area contributed by atoms with Gasteiger partial charge >= 0.3 is 5.69 Å². The molecule has 0 amide bonds. The molecule has 1 aliphatic heterocycles. The third kappa shape index (κ3) is 2.90. The first-order valence-electron chi connectivity index (χ1n) is 7.92. The number of benzene rings is 1. The van der Waals surface area contributed by atoms with Crippen LogP contribution in [0.5, 0.6) is 0 Å². The molecule has 3 atom stereocenters. The smallest absolute Gasteiger partial charge is 0.330 e. The summed E-state index contributed by atoms with van der Waals surface area (Å²) in [6.45, 7) is -0.360. The molecule has 136 valence electrons. The van der Waals surface area contributed by atoms with Gasteiger partial charge in [-0.25, -0.2) is 9.78 Å². The molecule has 26 heavy (non-hydrogen) atoms. The molecular formula is C16H15BrN4O5. The van der Waals surface area contributed by atoms with Gasteiger partial charge in [-0.15, -0.1) is 0 Å². The van der Waals surface area contributed by atoms with Crippen molar-refractivity contribution in [1.29, 1.82) is 0 Å². The Bertz CT molecular complexity index is 1090. The lowest BCUT2D eigenvalue weighted by molar-refractivity contribution is -0.0458. The Morgan fingerprint density at radius 1 is 1.35 bits per heavy atom. The van der Waals surface area contributed by atoms with Gasteiger partial charge in [0.1, 0.15) is 18.2 Å². The molecule has 9 nitrogen and oxygen atoms in total. The molecule has 3 heterocycles. The molecule has 10 heteroatoms. The minimum atomic E-state index is -0.893. The summed E-state index contributed by atoms with van der Waals surface area (Å²) in [5, 5.41) is 19.1. The molecule has 3 aromatic rings. The van der Waals surface area contributed by atoms with Crippen LogP contribution in [0.2, 0.25) is 0 Å². The van der Waals surface area contributed by atoms with Crippen LogP contribution in [0, 0.1) is 0 Å². The summed E-state index contributed by atoms with van der Waals surface area (Å²) < 4.78 is 7.56.